The summed E-state index contributed by atoms with van der Waals surface area (Å²) >= 11 is 0. The van der Waals surface area contributed by atoms with Gasteiger partial charge in [0.25, 0.3) is 0 Å². The third-order valence-electron chi connectivity index (χ3n) is 4.52. The summed E-state index contributed by atoms with van der Waals surface area (Å²) < 4.78 is 5.24. The Balaban J connectivity index is 1.74. The lowest BCUT2D eigenvalue weighted by molar-refractivity contribution is -0.135. The van der Waals surface area contributed by atoms with Crippen molar-refractivity contribution in [1.29, 1.82) is 0 Å². The zero-order valence-electron chi connectivity index (χ0n) is 11.8. The van der Waals surface area contributed by atoms with Crippen molar-refractivity contribution < 1.29 is 9.21 Å². The van der Waals surface area contributed by atoms with Crippen molar-refractivity contribution in [3.8, 4) is 0 Å². The summed E-state index contributed by atoms with van der Waals surface area (Å²) in [6.45, 7) is 2.64. The molecule has 0 aromatic carbocycles. The van der Waals surface area contributed by atoms with E-state index in [0.717, 1.165) is 38.2 Å². The van der Waals surface area contributed by atoms with Gasteiger partial charge in [0, 0.05) is 25.7 Å². The summed E-state index contributed by atoms with van der Waals surface area (Å²) in [7, 11) is 0. The highest BCUT2D eigenvalue weighted by Gasteiger charge is 2.41. The molecule has 1 saturated carbocycles. The topological polar surface area (TPSA) is 45.5 Å². The number of carbonyl (C=O) groups is 1. The average Bonchev–Trinajstić information content (AvgIpc) is 2.99. The first-order valence-electron chi connectivity index (χ1n) is 7.54. The van der Waals surface area contributed by atoms with Gasteiger partial charge in [-0.2, -0.15) is 0 Å². The van der Waals surface area contributed by atoms with Gasteiger partial charge in [0.05, 0.1) is 11.8 Å². The molecule has 20 heavy (non-hydrogen) atoms. The van der Waals surface area contributed by atoms with Crippen LogP contribution in [-0.4, -0.2) is 36.0 Å². The van der Waals surface area contributed by atoms with E-state index in [-0.39, 0.29) is 11.4 Å². The van der Waals surface area contributed by atoms with Crippen molar-refractivity contribution in [2.75, 3.05) is 19.6 Å². The predicted molar refractivity (Wildman–Crippen MR) is 78.1 cm³/mol. The van der Waals surface area contributed by atoms with Crippen LogP contribution in [0.2, 0.25) is 0 Å². The first kappa shape index (κ1) is 13.4. The first-order valence-corrected chi connectivity index (χ1v) is 7.54. The summed E-state index contributed by atoms with van der Waals surface area (Å²) in [5.41, 5.74) is 0.0427. The molecule has 1 amide bonds. The van der Waals surface area contributed by atoms with Crippen LogP contribution < -0.4 is 5.32 Å². The molecule has 1 spiro atoms. The Hall–Kier alpha value is -1.55. The highest BCUT2D eigenvalue weighted by atomic mass is 16.3. The Morgan fingerprint density at radius 3 is 2.95 bits per heavy atom. The minimum atomic E-state index is 0.0427. The molecular formula is C16H22N2O2. The third kappa shape index (κ3) is 2.66. The number of hydrogen-bond acceptors (Lipinski definition) is 3. The largest absolute Gasteiger partial charge is 0.465 e. The molecule has 4 nitrogen and oxygen atoms in total. The fourth-order valence-corrected chi connectivity index (χ4v) is 3.47. The van der Waals surface area contributed by atoms with Crippen LogP contribution in [0.3, 0.4) is 0 Å². The van der Waals surface area contributed by atoms with E-state index in [2.05, 4.69) is 10.2 Å². The Kier molecular flexibility index (Phi) is 3.92. The maximum Gasteiger partial charge on any atom is 0.247 e. The summed E-state index contributed by atoms with van der Waals surface area (Å²) in [6.07, 6.45) is 11.0. The standard InChI is InChI=1S/C16H22N2O2/c19-15(7-6-14-5-4-12-20-14)18-11-10-17-13-16(18)8-2-1-3-9-16/h4-7,12,17H,1-3,8-11,13H2. The number of hydrogen-bond donors (Lipinski definition) is 1. The summed E-state index contributed by atoms with van der Waals surface area (Å²) in [5, 5.41) is 3.46. The minimum Gasteiger partial charge on any atom is -0.465 e. The Morgan fingerprint density at radius 1 is 1.35 bits per heavy atom. The molecule has 1 saturated heterocycles. The van der Waals surface area contributed by atoms with Gasteiger partial charge in [0.1, 0.15) is 5.76 Å². The normalized spacial score (nSPS) is 22.5. The van der Waals surface area contributed by atoms with Crippen molar-refractivity contribution in [2.45, 2.75) is 37.6 Å². The molecule has 2 heterocycles. The van der Waals surface area contributed by atoms with E-state index >= 15 is 0 Å². The van der Waals surface area contributed by atoms with Crippen molar-refractivity contribution >= 4 is 12.0 Å². The van der Waals surface area contributed by atoms with Gasteiger partial charge in [-0.05, 0) is 31.1 Å². The monoisotopic (exact) mass is 274 g/mol. The third-order valence-corrected chi connectivity index (χ3v) is 4.52. The van der Waals surface area contributed by atoms with Crippen LogP contribution in [0.1, 0.15) is 37.9 Å². The number of nitrogens with one attached hydrogen (secondary N) is 1. The molecule has 0 unspecified atom stereocenters. The van der Waals surface area contributed by atoms with Crippen LogP contribution in [0.25, 0.3) is 6.08 Å². The minimum absolute atomic E-state index is 0.0427. The zero-order valence-corrected chi connectivity index (χ0v) is 11.8. The summed E-state index contributed by atoms with van der Waals surface area (Å²) in [5.74, 6) is 0.843. The lowest BCUT2D eigenvalue weighted by Crippen LogP contribution is -2.63. The zero-order chi connectivity index (χ0) is 13.8. The average molecular weight is 274 g/mol. The first-order chi connectivity index (χ1) is 9.80. The molecule has 1 aliphatic heterocycles. The van der Waals surface area contributed by atoms with Gasteiger partial charge in [-0.3, -0.25) is 4.79 Å². The number of rotatable bonds is 2. The van der Waals surface area contributed by atoms with Crippen LogP contribution in [0, 0.1) is 0 Å². The van der Waals surface area contributed by atoms with Crippen LogP contribution in [0.15, 0.2) is 28.9 Å². The molecule has 2 fully saturated rings. The predicted octanol–water partition coefficient (Wildman–Crippen LogP) is 2.43. The number of furan rings is 1. The second-order valence-corrected chi connectivity index (χ2v) is 5.80. The van der Waals surface area contributed by atoms with Crippen molar-refractivity contribution in [2.24, 2.45) is 0 Å². The van der Waals surface area contributed by atoms with E-state index in [1.807, 2.05) is 12.1 Å². The number of carbonyl (C=O) groups excluding carboxylic acids is 1. The van der Waals surface area contributed by atoms with Gasteiger partial charge in [-0.1, -0.05) is 19.3 Å². The van der Waals surface area contributed by atoms with Gasteiger partial charge in [0.15, 0.2) is 0 Å². The van der Waals surface area contributed by atoms with Crippen molar-refractivity contribution in [3.05, 3.63) is 30.2 Å². The highest BCUT2D eigenvalue weighted by Crippen LogP contribution is 2.34. The number of amides is 1. The molecular weight excluding hydrogens is 252 g/mol. The van der Waals surface area contributed by atoms with E-state index in [1.165, 1.54) is 19.3 Å². The lowest BCUT2D eigenvalue weighted by atomic mass is 9.79. The molecule has 1 aliphatic carbocycles. The maximum atomic E-state index is 12.5. The van der Waals surface area contributed by atoms with Gasteiger partial charge in [0.2, 0.25) is 5.91 Å². The fraction of sp³-hybridized carbons (Fsp3) is 0.562. The molecule has 0 bridgehead atoms. The molecule has 3 rings (SSSR count). The van der Waals surface area contributed by atoms with Gasteiger partial charge in [-0.25, -0.2) is 0 Å². The Labute approximate surface area is 119 Å². The van der Waals surface area contributed by atoms with E-state index in [1.54, 1.807) is 18.4 Å². The van der Waals surface area contributed by atoms with E-state index < -0.39 is 0 Å². The molecule has 108 valence electrons. The van der Waals surface area contributed by atoms with Gasteiger partial charge < -0.3 is 14.6 Å². The van der Waals surface area contributed by atoms with Crippen LogP contribution in [0.4, 0.5) is 0 Å². The molecule has 4 heteroatoms. The second-order valence-electron chi connectivity index (χ2n) is 5.80. The van der Waals surface area contributed by atoms with Gasteiger partial charge >= 0.3 is 0 Å². The SMILES string of the molecule is O=C(C=Cc1ccco1)N1CCNCC12CCCCC2. The van der Waals surface area contributed by atoms with Gasteiger partial charge in [-0.15, -0.1) is 0 Å². The summed E-state index contributed by atoms with van der Waals surface area (Å²) in [6, 6.07) is 3.69. The second kappa shape index (κ2) is 5.83. The molecule has 1 aromatic rings. The summed E-state index contributed by atoms with van der Waals surface area (Å²) in [4.78, 5) is 14.6. The van der Waals surface area contributed by atoms with Crippen molar-refractivity contribution in [3.63, 3.8) is 0 Å². The lowest BCUT2D eigenvalue weighted by Gasteiger charge is -2.49. The van der Waals surface area contributed by atoms with Crippen LogP contribution in [0.5, 0.6) is 0 Å². The van der Waals surface area contributed by atoms with Crippen molar-refractivity contribution in [1.82, 2.24) is 10.2 Å². The van der Waals surface area contributed by atoms with E-state index in [4.69, 9.17) is 4.42 Å². The molecule has 0 radical (unpaired) electrons. The highest BCUT2D eigenvalue weighted by molar-refractivity contribution is 5.92. The number of piperazine rings is 1. The molecule has 0 atom stereocenters. The van der Waals surface area contributed by atoms with Crippen LogP contribution >= 0.6 is 0 Å². The smallest absolute Gasteiger partial charge is 0.247 e. The Morgan fingerprint density at radius 2 is 2.20 bits per heavy atom. The Bertz CT molecular complexity index is 464. The molecule has 2 aliphatic rings. The van der Waals surface area contributed by atoms with Crippen LogP contribution in [-0.2, 0) is 4.79 Å². The fourth-order valence-electron chi connectivity index (χ4n) is 3.47. The molecule has 1 aromatic heterocycles. The number of nitrogens with zero attached hydrogens (tertiary/aromatic N) is 1. The maximum absolute atomic E-state index is 12.5. The van der Waals surface area contributed by atoms with E-state index in [0.29, 0.717) is 0 Å². The van der Waals surface area contributed by atoms with E-state index in [9.17, 15) is 4.79 Å². The molecule has 1 N–H and O–H groups in total. The quantitative estimate of drug-likeness (QED) is 0.842.